The van der Waals surface area contributed by atoms with Gasteiger partial charge in [-0.25, -0.2) is 0 Å². The lowest BCUT2D eigenvalue weighted by atomic mass is 9.29. The van der Waals surface area contributed by atoms with Crippen LogP contribution in [-0.4, -0.2) is 0 Å². The first kappa shape index (κ1) is 24.4. The van der Waals surface area contributed by atoms with Crippen LogP contribution in [0.3, 0.4) is 0 Å². The first-order valence-electron chi connectivity index (χ1n) is 14.6. The Kier molecular flexibility index (Phi) is 5.30. The van der Waals surface area contributed by atoms with Gasteiger partial charge in [-0.2, -0.15) is 0 Å². The third-order valence-corrected chi connectivity index (χ3v) is 15.1. The second-order valence-electron chi connectivity index (χ2n) is 15.5. The van der Waals surface area contributed by atoms with Crippen molar-refractivity contribution in [3.8, 4) is 0 Å². The standard InChI is InChI=1S/C32H52.CH4/c1-9-32-15-11-23-20(2)18-22-19-25-29(6)13-10-21(3)28(4,5)24(29)12-14-30(25,7)31(8,16-17-32)26(22)27(23)32;/h21-27H,2,9-19H2,1,3-8H3;1H4. The molecule has 0 aromatic carbocycles. The van der Waals surface area contributed by atoms with E-state index in [9.17, 15) is 0 Å². The quantitative estimate of drug-likeness (QED) is 0.347. The molecule has 0 spiro atoms. The smallest absolute Gasteiger partial charge is 0.0169 e. The van der Waals surface area contributed by atoms with Crippen LogP contribution >= 0.6 is 0 Å². The van der Waals surface area contributed by atoms with Crippen molar-refractivity contribution in [1.82, 2.24) is 0 Å². The van der Waals surface area contributed by atoms with Crippen molar-refractivity contribution in [2.45, 2.75) is 127 Å². The van der Waals surface area contributed by atoms with E-state index >= 15 is 0 Å². The summed E-state index contributed by atoms with van der Waals surface area (Å²) in [6, 6.07) is 0. The first-order valence-corrected chi connectivity index (χ1v) is 14.6. The van der Waals surface area contributed by atoms with E-state index in [4.69, 9.17) is 6.58 Å². The van der Waals surface area contributed by atoms with Gasteiger partial charge < -0.3 is 0 Å². The number of allylic oxidation sites excluding steroid dienone is 1. The van der Waals surface area contributed by atoms with Crippen LogP contribution in [0.5, 0.6) is 0 Å². The minimum Gasteiger partial charge on any atom is -0.0996 e. The Morgan fingerprint density at radius 1 is 0.818 bits per heavy atom. The Morgan fingerprint density at radius 3 is 2.24 bits per heavy atom. The molecule has 11 atom stereocenters. The Hall–Kier alpha value is -0.260. The van der Waals surface area contributed by atoms with Crippen molar-refractivity contribution in [2.75, 3.05) is 0 Å². The second-order valence-corrected chi connectivity index (χ2v) is 15.5. The van der Waals surface area contributed by atoms with Gasteiger partial charge in [0.2, 0.25) is 0 Å². The molecule has 0 nitrogen and oxygen atoms in total. The van der Waals surface area contributed by atoms with Crippen molar-refractivity contribution in [3.05, 3.63) is 12.2 Å². The van der Waals surface area contributed by atoms with E-state index in [1.54, 1.807) is 5.57 Å². The summed E-state index contributed by atoms with van der Waals surface area (Å²) < 4.78 is 0. The van der Waals surface area contributed by atoms with Crippen molar-refractivity contribution in [2.24, 2.45) is 68.5 Å². The van der Waals surface area contributed by atoms with Crippen LogP contribution in [0.25, 0.3) is 0 Å². The molecular formula is C33H56. The Labute approximate surface area is 207 Å². The van der Waals surface area contributed by atoms with E-state index in [2.05, 4.69) is 48.5 Å². The highest BCUT2D eigenvalue weighted by Gasteiger charge is 2.73. The Morgan fingerprint density at radius 2 is 1.55 bits per heavy atom. The molecule has 0 saturated heterocycles. The van der Waals surface area contributed by atoms with Crippen LogP contribution in [-0.2, 0) is 0 Å². The molecule has 6 saturated carbocycles. The summed E-state index contributed by atoms with van der Waals surface area (Å²) in [5, 5.41) is 0. The average molecular weight is 453 g/mol. The van der Waals surface area contributed by atoms with E-state index in [0.29, 0.717) is 27.1 Å². The topological polar surface area (TPSA) is 0 Å². The fourth-order valence-corrected chi connectivity index (χ4v) is 12.8. The molecule has 0 aliphatic heterocycles. The number of rotatable bonds is 1. The van der Waals surface area contributed by atoms with Gasteiger partial charge in [0.25, 0.3) is 0 Å². The molecule has 0 radical (unpaired) electrons. The fourth-order valence-electron chi connectivity index (χ4n) is 12.8. The fraction of sp³-hybridized carbons (Fsp3) is 0.939. The van der Waals surface area contributed by atoms with E-state index in [1.807, 2.05) is 0 Å². The highest BCUT2D eigenvalue weighted by molar-refractivity contribution is 5.26. The van der Waals surface area contributed by atoms with Crippen LogP contribution < -0.4 is 0 Å². The summed E-state index contributed by atoms with van der Waals surface area (Å²) in [5.74, 6) is 6.44. The molecular weight excluding hydrogens is 396 g/mol. The van der Waals surface area contributed by atoms with Gasteiger partial charge in [-0.3, -0.25) is 0 Å². The minimum atomic E-state index is 0. The largest absolute Gasteiger partial charge is 0.0996 e. The Balaban J connectivity index is 0.00000228. The molecule has 6 rings (SSSR count). The van der Waals surface area contributed by atoms with E-state index in [0.717, 1.165) is 41.4 Å². The van der Waals surface area contributed by atoms with Gasteiger partial charge in [0.15, 0.2) is 0 Å². The summed E-state index contributed by atoms with van der Waals surface area (Å²) in [6.45, 7) is 23.6. The van der Waals surface area contributed by atoms with Gasteiger partial charge in [-0.1, -0.05) is 74.5 Å². The molecule has 6 aliphatic carbocycles. The van der Waals surface area contributed by atoms with Crippen molar-refractivity contribution >= 4 is 0 Å². The zero-order valence-corrected chi connectivity index (χ0v) is 22.5. The molecule has 0 bridgehead atoms. The van der Waals surface area contributed by atoms with Gasteiger partial charge in [0.1, 0.15) is 0 Å². The molecule has 33 heavy (non-hydrogen) atoms. The van der Waals surface area contributed by atoms with Crippen molar-refractivity contribution in [3.63, 3.8) is 0 Å². The maximum atomic E-state index is 4.77. The normalized spacial score (nSPS) is 58.5. The van der Waals surface area contributed by atoms with Gasteiger partial charge in [-0.05, 0) is 133 Å². The van der Waals surface area contributed by atoms with Gasteiger partial charge in [-0.15, -0.1) is 0 Å². The maximum Gasteiger partial charge on any atom is -0.0169 e. The molecule has 0 aromatic rings. The summed E-state index contributed by atoms with van der Waals surface area (Å²) >= 11 is 0. The summed E-state index contributed by atoms with van der Waals surface area (Å²) in [5.41, 5.74) is 4.47. The molecule has 0 amide bonds. The van der Waals surface area contributed by atoms with Crippen LogP contribution in [0.15, 0.2) is 12.2 Å². The predicted molar refractivity (Wildman–Crippen MR) is 143 cm³/mol. The summed E-state index contributed by atoms with van der Waals surface area (Å²) in [7, 11) is 0. The molecule has 11 unspecified atom stereocenters. The highest BCUT2D eigenvalue weighted by Crippen LogP contribution is 2.80. The zero-order valence-electron chi connectivity index (χ0n) is 22.5. The van der Waals surface area contributed by atoms with E-state index in [1.165, 1.54) is 70.6 Å². The Bertz CT molecular complexity index is 820. The van der Waals surface area contributed by atoms with Gasteiger partial charge in [0.05, 0.1) is 0 Å². The third kappa shape index (κ3) is 2.66. The molecule has 0 heterocycles. The zero-order chi connectivity index (χ0) is 22.9. The highest BCUT2D eigenvalue weighted by atomic mass is 14.8. The van der Waals surface area contributed by atoms with Crippen molar-refractivity contribution in [1.29, 1.82) is 0 Å². The first-order chi connectivity index (χ1) is 14.9. The summed E-state index contributed by atoms with van der Waals surface area (Å²) in [6.07, 6.45) is 16.3. The SMILES string of the molecule is C.C=C1CC2CC3C4(C)CCC(C)C(C)(C)C4CCC3(C)C3(C)CCC4(CC)CCC1C4C23. The maximum absolute atomic E-state index is 4.77. The van der Waals surface area contributed by atoms with Crippen LogP contribution in [0.2, 0.25) is 0 Å². The van der Waals surface area contributed by atoms with Gasteiger partial charge in [0, 0.05) is 0 Å². The number of hydrogen-bond donors (Lipinski definition) is 0. The lowest BCUT2D eigenvalue weighted by Crippen LogP contribution is -2.68. The summed E-state index contributed by atoms with van der Waals surface area (Å²) in [4.78, 5) is 0. The molecule has 6 aliphatic rings. The minimum absolute atomic E-state index is 0. The van der Waals surface area contributed by atoms with Gasteiger partial charge >= 0.3 is 0 Å². The molecule has 0 N–H and O–H groups in total. The lowest BCUT2D eigenvalue weighted by Gasteiger charge is -2.75. The second kappa shape index (κ2) is 7.16. The van der Waals surface area contributed by atoms with Crippen LogP contribution in [0.4, 0.5) is 0 Å². The van der Waals surface area contributed by atoms with Crippen LogP contribution in [0, 0.1) is 68.5 Å². The monoisotopic (exact) mass is 452 g/mol. The average Bonchev–Trinajstić information content (AvgIpc) is 3.13. The molecule has 0 aromatic heterocycles. The molecule has 0 heteroatoms. The molecule has 6 fully saturated rings. The number of hydrogen-bond acceptors (Lipinski definition) is 0. The number of fused-ring (bicyclic) bond motifs is 4. The van der Waals surface area contributed by atoms with Crippen molar-refractivity contribution < 1.29 is 0 Å². The van der Waals surface area contributed by atoms with Crippen LogP contribution in [0.1, 0.15) is 127 Å². The van der Waals surface area contributed by atoms with E-state index in [-0.39, 0.29) is 7.43 Å². The molecule has 188 valence electrons. The predicted octanol–water partition coefficient (Wildman–Crippen LogP) is 9.94. The van der Waals surface area contributed by atoms with E-state index < -0.39 is 0 Å². The third-order valence-electron chi connectivity index (χ3n) is 15.1. The lowest BCUT2D eigenvalue weighted by molar-refractivity contribution is -0.262.